The normalized spacial score (nSPS) is 17.2. The van der Waals surface area contributed by atoms with E-state index in [4.69, 9.17) is 35.4 Å². The van der Waals surface area contributed by atoms with Crippen molar-refractivity contribution in [3.8, 4) is 11.5 Å². The Morgan fingerprint density at radius 2 is 1.90 bits per heavy atom. The SMILES string of the molecule is COc1cccc([C@H]2O[C@H](CCCc3noc(CCC(=O)O)n3)C(=O)N(CC(C)(C)C)c3ccc(Cl)cc32)c1OC. The van der Waals surface area contributed by atoms with Gasteiger partial charge in [-0.15, -0.1) is 0 Å². The summed E-state index contributed by atoms with van der Waals surface area (Å²) >= 11 is 6.49. The van der Waals surface area contributed by atoms with E-state index in [0.29, 0.717) is 53.7 Å². The summed E-state index contributed by atoms with van der Waals surface area (Å²) in [6.45, 7) is 6.71. The number of rotatable bonds is 11. The number of carboxylic acids is 1. The number of carbonyl (C=O) groups is 2. The zero-order valence-electron chi connectivity index (χ0n) is 24.0. The lowest BCUT2D eigenvalue weighted by Crippen LogP contribution is -2.43. The van der Waals surface area contributed by atoms with Gasteiger partial charge >= 0.3 is 5.97 Å². The highest BCUT2D eigenvalue weighted by molar-refractivity contribution is 6.30. The van der Waals surface area contributed by atoms with Gasteiger partial charge in [-0.1, -0.05) is 49.7 Å². The zero-order valence-corrected chi connectivity index (χ0v) is 24.7. The van der Waals surface area contributed by atoms with Crippen molar-refractivity contribution in [3.63, 3.8) is 0 Å². The number of hydrogen-bond donors (Lipinski definition) is 1. The molecular weight excluding hydrogens is 550 g/mol. The van der Waals surface area contributed by atoms with E-state index in [1.54, 1.807) is 25.2 Å². The largest absolute Gasteiger partial charge is 0.493 e. The molecule has 41 heavy (non-hydrogen) atoms. The lowest BCUT2D eigenvalue weighted by Gasteiger charge is -2.31. The minimum atomic E-state index is -0.932. The number of fused-ring (bicyclic) bond motifs is 1. The number of aliphatic carboxylic acids is 1. The lowest BCUT2D eigenvalue weighted by atomic mass is 9.94. The average molecular weight is 586 g/mol. The predicted octanol–water partition coefficient (Wildman–Crippen LogP) is 5.65. The van der Waals surface area contributed by atoms with Crippen molar-refractivity contribution in [3.05, 3.63) is 64.3 Å². The first-order chi connectivity index (χ1) is 19.5. The van der Waals surface area contributed by atoms with Crippen molar-refractivity contribution in [2.45, 2.75) is 65.1 Å². The molecule has 10 nitrogen and oxygen atoms in total. The zero-order chi connectivity index (χ0) is 29.7. The summed E-state index contributed by atoms with van der Waals surface area (Å²) in [5, 5.41) is 13.4. The molecule has 4 rings (SSSR count). The molecule has 0 bridgehead atoms. The van der Waals surface area contributed by atoms with Crippen LogP contribution < -0.4 is 14.4 Å². The van der Waals surface area contributed by atoms with E-state index < -0.39 is 18.2 Å². The van der Waals surface area contributed by atoms with Crippen LogP contribution in [-0.2, 0) is 27.2 Å². The van der Waals surface area contributed by atoms with Crippen LogP contribution in [0.5, 0.6) is 11.5 Å². The van der Waals surface area contributed by atoms with E-state index >= 15 is 0 Å². The molecule has 1 aliphatic rings. The number of hydrogen-bond acceptors (Lipinski definition) is 8. The molecule has 0 spiro atoms. The Balaban J connectivity index is 1.68. The first-order valence-electron chi connectivity index (χ1n) is 13.5. The van der Waals surface area contributed by atoms with Crippen LogP contribution in [-0.4, -0.2) is 54.0 Å². The predicted molar refractivity (Wildman–Crippen MR) is 153 cm³/mol. The molecular formula is C30H36ClN3O7. The van der Waals surface area contributed by atoms with Crippen LogP contribution in [0.4, 0.5) is 5.69 Å². The van der Waals surface area contributed by atoms with Crippen LogP contribution in [0, 0.1) is 5.41 Å². The molecule has 1 aromatic heterocycles. The first kappa shape index (κ1) is 30.3. The highest BCUT2D eigenvalue weighted by Gasteiger charge is 2.39. The van der Waals surface area contributed by atoms with E-state index in [1.165, 1.54) is 0 Å². The van der Waals surface area contributed by atoms with Crippen LogP contribution in [0.2, 0.25) is 5.02 Å². The molecule has 0 saturated heterocycles. The molecule has 1 N–H and O–H groups in total. The molecule has 3 aromatic rings. The highest BCUT2D eigenvalue weighted by Crippen LogP contribution is 2.45. The Labute approximate surface area is 244 Å². The fraction of sp³-hybridized carbons (Fsp3) is 0.467. The molecule has 1 amide bonds. The topological polar surface area (TPSA) is 124 Å². The third kappa shape index (κ3) is 7.37. The summed E-state index contributed by atoms with van der Waals surface area (Å²) in [5.41, 5.74) is 2.01. The van der Waals surface area contributed by atoms with E-state index in [2.05, 4.69) is 30.9 Å². The van der Waals surface area contributed by atoms with Crippen molar-refractivity contribution in [2.24, 2.45) is 5.41 Å². The summed E-state index contributed by atoms with van der Waals surface area (Å²) in [6.07, 6.45) is -0.00771. The van der Waals surface area contributed by atoms with Gasteiger partial charge in [0.25, 0.3) is 5.91 Å². The van der Waals surface area contributed by atoms with Crippen LogP contribution in [0.25, 0.3) is 0 Å². The van der Waals surface area contributed by atoms with E-state index in [9.17, 15) is 9.59 Å². The van der Waals surface area contributed by atoms with Crippen LogP contribution in [0.1, 0.15) is 69.0 Å². The first-order valence-corrected chi connectivity index (χ1v) is 13.9. The molecule has 0 unspecified atom stereocenters. The standard InChI is InChI=1S/C30H36ClN3O7/c1-30(2,3)17-34-21-13-12-18(31)16-20(21)27(19-8-6-9-22(38-4)28(19)39-5)40-23(29(34)37)10-7-11-24-32-25(41-33-24)14-15-26(35)36/h6,8-9,12-13,16,23,27H,7,10-11,14-15,17H2,1-5H3,(H,35,36)/t23-,27-/m1/s1. The highest BCUT2D eigenvalue weighted by atomic mass is 35.5. The van der Waals surface area contributed by atoms with Crippen molar-refractivity contribution in [1.29, 1.82) is 0 Å². The maximum atomic E-state index is 14.1. The van der Waals surface area contributed by atoms with E-state index in [1.807, 2.05) is 30.3 Å². The number of aromatic nitrogens is 2. The second kappa shape index (κ2) is 12.9. The van der Waals surface area contributed by atoms with Crippen LogP contribution >= 0.6 is 11.6 Å². The van der Waals surface area contributed by atoms with Gasteiger partial charge in [0.15, 0.2) is 17.3 Å². The molecule has 0 saturated carbocycles. The second-order valence-electron chi connectivity index (χ2n) is 11.2. The Kier molecular flexibility index (Phi) is 9.55. The number of nitrogens with zero attached hydrogens (tertiary/aromatic N) is 3. The van der Waals surface area contributed by atoms with Crippen LogP contribution in [0.3, 0.4) is 0 Å². The minimum Gasteiger partial charge on any atom is -0.493 e. The number of carbonyl (C=O) groups excluding carboxylic acids is 1. The Morgan fingerprint density at radius 3 is 2.59 bits per heavy atom. The number of anilines is 1. The van der Waals surface area contributed by atoms with Gasteiger partial charge in [0, 0.05) is 41.2 Å². The van der Waals surface area contributed by atoms with Crippen molar-refractivity contribution < 1.29 is 33.4 Å². The maximum Gasteiger partial charge on any atom is 0.303 e. The van der Waals surface area contributed by atoms with Crippen molar-refractivity contribution in [2.75, 3.05) is 25.7 Å². The molecule has 2 heterocycles. The molecule has 2 atom stereocenters. The summed E-state index contributed by atoms with van der Waals surface area (Å²) in [7, 11) is 3.14. The van der Waals surface area contributed by atoms with Gasteiger partial charge < -0.3 is 28.7 Å². The number of ether oxygens (including phenoxy) is 3. The van der Waals surface area contributed by atoms with Crippen molar-refractivity contribution >= 4 is 29.2 Å². The van der Waals surface area contributed by atoms with Crippen LogP contribution in [0.15, 0.2) is 40.9 Å². The minimum absolute atomic E-state index is 0.0879. The molecule has 11 heteroatoms. The van der Waals surface area contributed by atoms with Gasteiger partial charge in [0.05, 0.1) is 20.6 Å². The molecule has 2 aromatic carbocycles. The number of amides is 1. The number of halogens is 1. The number of aryl methyl sites for hydroxylation is 2. The van der Waals surface area contributed by atoms with Gasteiger partial charge in [-0.3, -0.25) is 9.59 Å². The third-order valence-electron chi connectivity index (χ3n) is 6.68. The Hall–Kier alpha value is -3.63. The fourth-order valence-corrected chi connectivity index (χ4v) is 5.09. The Bertz CT molecular complexity index is 1380. The quantitative estimate of drug-likeness (QED) is 0.304. The number of benzene rings is 2. The van der Waals surface area contributed by atoms with E-state index in [-0.39, 0.29) is 30.1 Å². The maximum absolute atomic E-state index is 14.1. The van der Waals surface area contributed by atoms with E-state index in [0.717, 1.165) is 11.3 Å². The van der Waals surface area contributed by atoms with Crippen molar-refractivity contribution in [1.82, 2.24) is 10.1 Å². The average Bonchev–Trinajstić information content (AvgIpc) is 3.35. The van der Waals surface area contributed by atoms with Gasteiger partial charge in [-0.25, -0.2) is 0 Å². The number of para-hydroxylation sites is 1. The van der Waals surface area contributed by atoms with Gasteiger partial charge in [0.2, 0.25) is 5.89 Å². The van der Waals surface area contributed by atoms with Gasteiger partial charge in [-0.2, -0.15) is 4.98 Å². The summed E-state index contributed by atoms with van der Waals surface area (Å²) < 4.78 is 23.2. The summed E-state index contributed by atoms with van der Waals surface area (Å²) in [4.78, 5) is 31.1. The molecule has 0 radical (unpaired) electrons. The molecule has 220 valence electrons. The van der Waals surface area contributed by atoms with Gasteiger partial charge in [0.1, 0.15) is 12.2 Å². The monoisotopic (exact) mass is 585 g/mol. The second-order valence-corrected chi connectivity index (χ2v) is 11.6. The summed E-state index contributed by atoms with van der Waals surface area (Å²) in [6, 6.07) is 11.0. The summed E-state index contributed by atoms with van der Waals surface area (Å²) in [5.74, 6) is 0.715. The number of methoxy groups -OCH3 is 2. The number of carboxylic acid groups (broad SMARTS) is 1. The molecule has 0 aliphatic carbocycles. The molecule has 1 aliphatic heterocycles. The fourth-order valence-electron chi connectivity index (χ4n) is 4.91. The lowest BCUT2D eigenvalue weighted by molar-refractivity contribution is -0.137. The molecule has 0 fully saturated rings. The third-order valence-corrected chi connectivity index (χ3v) is 6.92. The smallest absolute Gasteiger partial charge is 0.303 e. The van der Waals surface area contributed by atoms with Gasteiger partial charge in [-0.05, 0) is 42.5 Å². The Morgan fingerprint density at radius 1 is 1.12 bits per heavy atom.